The zero-order valence-electron chi connectivity index (χ0n) is 11.5. The minimum Gasteiger partial charge on any atom is -0.497 e. The van der Waals surface area contributed by atoms with Crippen LogP contribution in [0.25, 0.3) is 0 Å². The molecule has 0 aliphatic heterocycles. The Morgan fingerprint density at radius 2 is 1.94 bits per heavy atom. The van der Waals surface area contributed by atoms with Gasteiger partial charge >= 0.3 is 0 Å². The van der Waals surface area contributed by atoms with Crippen LogP contribution in [0.1, 0.15) is 45.8 Å². The molecule has 2 unspecified atom stereocenters. The summed E-state index contributed by atoms with van der Waals surface area (Å²) in [5.74, 6) is 1.26. The second kappa shape index (κ2) is 5.54. The van der Waals surface area contributed by atoms with Gasteiger partial charge in [0.05, 0.1) is 13.2 Å². The summed E-state index contributed by atoms with van der Waals surface area (Å²) in [6, 6.07) is 7.66. The molecule has 2 nitrogen and oxygen atoms in total. The molecule has 1 N–H and O–H groups in total. The lowest BCUT2D eigenvalue weighted by Gasteiger charge is -2.29. The van der Waals surface area contributed by atoms with E-state index in [4.69, 9.17) is 4.74 Å². The second-order valence-corrected chi connectivity index (χ2v) is 5.80. The molecule has 2 heteroatoms. The summed E-state index contributed by atoms with van der Waals surface area (Å²) in [5, 5.41) is 10.2. The molecule has 0 saturated heterocycles. The van der Waals surface area contributed by atoms with Crippen molar-refractivity contribution in [3.63, 3.8) is 0 Å². The third-order valence-corrected chi connectivity index (χ3v) is 3.53. The van der Waals surface area contributed by atoms with Crippen LogP contribution in [0.2, 0.25) is 0 Å². The summed E-state index contributed by atoms with van der Waals surface area (Å²) in [4.78, 5) is 0. The lowest BCUT2D eigenvalue weighted by molar-refractivity contribution is 0.110. The largest absolute Gasteiger partial charge is 0.497 e. The molecule has 0 radical (unpaired) electrons. The van der Waals surface area contributed by atoms with Crippen LogP contribution >= 0.6 is 0 Å². The van der Waals surface area contributed by atoms with Crippen LogP contribution in [0.3, 0.4) is 0 Å². The lowest BCUT2D eigenvalue weighted by Crippen LogP contribution is -2.19. The van der Waals surface area contributed by atoms with E-state index in [0.717, 1.165) is 17.7 Å². The van der Waals surface area contributed by atoms with Crippen molar-refractivity contribution in [3.8, 4) is 5.75 Å². The number of hydrogen-bond acceptors (Lipinski definition) is 2. The molecule has 0 saturated carbocycles. The SMILES string of the molecule is COc1cccc(C(O)CC(C)C(C)(C)C)c1. The Morgan fingerprint density at radius 1 is 1.29 bits per heavy atom. The van der Waals surface area contributed by atoms with Gasteiger partial charge in [-0.1, -0.05) is 39.8 Å². The highest BCUT2D eigenvalue weighted by Gasteiger charge is 2.23. The highest BCUT2D eigenvalue weighted by molar-refractivity contribution is 5.29. The highest BCUT2D eigenvalue weighted by atomic mass is 16.5. The van der Waals surface area contributed by atoms with E-state index in [9.17, 15) is 5.11 Å². The van der Waals surface area contributed by atoms with Gasteiger partial charge in [-0.05, 0) is 35.4 Å². The maximum Gasteiger partial charge on any atom is 0.119 e. The summed E-state index contributed by atoms with van der Waals surface area (Å²) in [5.41, 5.74) is 1.15. The molecule has 0 bridgehead atoms. The Balaban J connectivity index is 2.72. The van der Waals surface area contributed by atoms with Gasteiger partial charge in [0, 0.05) is 0 Å². The minimum atomic E-state index is -0.417. The summed E-state index contributed by atoms with van der Waals surface area (Å²) in [7, 11) is 1.64. The molecule has 0 amide bonds. The number of aliphatic hydroxyl groups is 1. The Hall–Kier alpha value is -1.02. The van der Waals surface area contributed by atoms with Crippen molar-refractivity contribution in [2.75, 3.05) is 7.11 Å². The number of methoxy groups -OCH3 is 1. The van der Waals surface area contributed by atoms with E-state index in [2.05, 4.69) is 27.7 Å². The zero-order valence-corrected chi connectivity index (χ0v) is 11.5. The summed E-state index contributed by atoms with van der Waals surface area (Å²) >= 11 is 0. The summed E-state index contributed by atoms with van der Waals surface area (Å²) < 4.78 is 5.17. The molecule has 0 heterocycles. The topological polar surface area (TPSA) is 29.5 Å². The molecule has 1 aromatic rings. The molecule has 0 aliphatic carbocycles. The van der Waals surface area contributed by atoms with Gasteiger partial charge in [-0.25, -0.2) is 0 Å². The highest BCUT2D eigenvalue weighted by Crippen LogP contribution is 2.33. The van der Waals surface area contributed by atoms with Crippen molar-refractivity contribution in [3.05, 3.63) is 29.8 Å². The van der Waals surface area contributed by atoms with E-state index in [1.54, 1.807) is 7.11 Å². The van der Waals surface area contributed by atoms with Crippen molar-refractivity contribution in [1.29, 1.82) is 0 Å². The molecular formula is C15H24O2. The standard InChI is InChI=1S/C15H24O2/c1-11(15(2,3)4)9-14(16)12-7-6-8-13(10-12)17-5/h6-8,10-11,14,16H,9H2,1-5H3. The average Bonchev–Trinajstić information content (AvgIpc) is 2.27. The van der Waals surface area contributed by atoms with E-state index in [1.807, 2.05) is 24.3 Å². The quantitative estimate of drug-likeness (QED) is 0.861. The van der Waals surface area contributed by atoms with Crippen molar-refractivity contribution in [2.45, 2.75) is 40.2 Å². The Morgan fingerprint density at radius 3 is 2.47 bits per heavy atom. The molecule has 0 spiro atoms. The van der Waals surface area contributed by atoms with Crippen LogP contribution in [-0.4, -0.2) is 12.2 Å². The first kappa shape index (κ1) is 14.0. The van der Waals surface area contributed by atoms with Gasteiger partial charge in [0.2, 0.25) is 0 Å². The maximum atomic E-state index is 10.2. The lowest BCUT2D eigenvalue weighted by atomic mass is 9.78. The van der Waals surface area contributed by atoms with Gasteiger partial charge in [0.25, 0.3) is 0 Å². The van der Waals surface area contributed by atoms with Gasteiger partial charge in [-0.15, -0.1) is 0 Å². The van der Waals surface area contributed by atoms with Crippen LogP contribution < -0.4 is 4.74 Å². The minimum absolute atomic E-state index is 0.222. The van der Waals surface area contributed by atoms with Crippen LogP contribution in [-0.2, 0) is 0 Å². The van der Waals surface area contributed by atoms with Gasteiger partial charge in [0.15, 0.2) is 0 Å². The Kier molecular flexibility index (Phi) is 4.58. The molecule has 17 heavy (non-hydrogen) atoms. The normalized spacial score (nSPS) is 15.4. The van der Waals surface area contributed by atoms with E-state index in [1.165, 1.54) is 0 Å². The molecular weight excluding hydrogens is 212 g/mol. The number of rotatable bonds is 4. The molecule has 0 aromatic heterocycles. The first-order valence-electron chi connectivity index (χ1n) is 6.16. The van der Waals surface area contributed by atoms with Gasteiger partial charge in [-0.3, -0.25) is 0 Å². The fourth-order valence-electron chi connectivity index (χ4n) is 1.67. The van der Waals surface area contributed by atoms with E-state index in [0.29, 0.717) is 5.92 Å². The first-order valence-corrected chi connectivity index (χ1v) is 6.16. The van der Waals surface area contributed by atoms with Gasteiger partial charge in [0.1, 0.15) is 5.75 Å². The average molecular weight is 236 g/mol. The van der Waals surface area contributed by atoms with E-state index < -0.39 is 6.10 Å². The second-order valence-electron chi connectivity index (χ2n) is 5.80. The van der Waals surface area contributed by atoms with Crippen molar-refractivity contribution in [1.82, 2.24) is 0 Å². The maximum absolute atomic E-state index is 10.2. The number of ether oxygens (including phenoxy) is 1. The zero-order chi connectivity index (χ0) is 13.1. The molecule has 2 atom stereocenters. The molecule has 96 valence electrons. The Labute approximate surface area is 105 Å². The van der Waals surface area contributed by atoms with Crippen molar-refractivity contribution < 1.29 is 9.84 Å². The molecule has 1 aromatic carbocycles. The molecule has 1 rings (SSSR count). The summed E-state index contributed by atoms with van der Waals surface area (Å²) in [6.07, 6.45) is 0.357. The van der Waals surface area contributed by atoms with Crippen LogP contribution in [0.5, 0.6) is 5.75 Å². The van der Waals surface area contributed by atoms with E-state index >= 15 is 0 Å². The third kappa shape index (κ3) is 4.04. The Bertz CT molecular complexity index is 352. The van der Waals surface area contributed by atoms with Crippen molar-refractivity contribution in [2.24, 2.45) is 11.3 Å². The predicted molar refractivity (Wildman–Crippen MR) is 71.2 cm³/mol. The third-order valence-electron chi connectivity index (χ3n) is 3.53. The predicted octanol–water partition coefficient (Wildman–Crippen LogP) is 3.80. The van der Waals surface area contributed by atoms with Crippen LogP contribution in [0.15, 0.2) is 24.3 Å². The van der Waals surface area contributed by atoms with Crippen LogP contribution in [0.4, 0.5) is 0 Å². The van der Waals surface area contributed by atoms with Crippen molar-refractivity contribution >= 4 is 0 Å². The van der Waals surface area contributed by atoms with Gasteiger partial charge < -0.3 is 9.84 Å². The number of hydrogen-bond donors (Lipinski definition) is 1. The van der Waals surface area contributed by atoms with E-state index in [-0.39, 0.29) is 5.41 Å². The molecule has 0 aliphatic rings. The van der Waals surface area contributed by atoms with Gasteiger partial charge in [-0.2, -0.15) is 0 Å². The first-order chi connectivity index (χ1) is 7.84. The monoisotopic (exact) mass is 236 g/mol. The fourth-order valence-corrected chi connectivity index (χ4v) is 1.67. The smallest absolute Gasteiger partial charge is 0.119 e. The number of aliphatic hydroxyl groups excluding tert-OH is 1. The molecule has 0 fully saturated rings. The number of benzene rings is 1. The fraction of sp³-hybridized carbons (Fsp3) is 0.600. The van der Waals surface area contributed by atoms with Crippen LogP contribution in [0, 0.1) is 11.3 Å². The summed E-state index contributed by atoms with van der Waals surface area (Å²) in [6.45, 7) is 8.80.